The van der Waals surface area contributed by atoms with E-state index in [2.05, 4.69) is 21.3 Å². The topological polar surface area (TPSA) is 104 Å². The molecule has 1 aliphatic rings. The molecule has 1 atom stereocenters. The normalized spacial score (nSPS) is 16.0. The number of amides is 1. The molecule has 3 heterocycles. The molecule has 0 unspecified atom stereocenters. The van der Waals surface area contributed by atoms with Crippen molar-refractivity contribution in [2.75, 3.05) is 57.9 Å². The SMILES string of the molecule is CCOCCN(CCOCC)C(=O)c1csc(Nc2cccc([C@@H]3CCCN3CC#N)n2)n1. The molecule has 1 amide bonds. The Labute approximate surface area is 199 Å². The van der Waals surface area contributed by atoms with E-state index in [-0.39, 0.29) is 11.9 Å². The van der Waals surface area contributed by atoms with Gasteiger partial charge in [0, 0.05) is 31.7 Å². The highest BCUT2D eigenvalue weighted by Gasteiger charge is 2.27. The lowest BCUT2D eigenvalue weighted by molar-refractivity contribution is 0.0546. The second-order valence-electron chi connectivity index (χ2n) is 7.58. The summed E-state index contributed by atoms with van der Waals surface area (Å²) in [7, 11) is 0. The molecule has 2 aromatic rings. The molecule has 0 spiro atoms. The average Bonchev–Trinajstić information content (AvgIpc) is 3.48. The first-order valence-corrected chi connectivity index (χ1v) is 12.3. The number of ether oxygens (including phenoxy) is 2. The van der Waals surface area contributed by atoms with Gasteiger partial charge in [0.25, 0.3) is 5.91 Å². The van der Waals surface area contributed by atoms with Gasteiger partial charge in [-0.1, -0.05) is 6.07 Å². The fourth-order valence-corrected chi connectivity index (χ4v) is 4.49. The van der Waals surface area contributed by atoms with Gasteiger partial charge in [-0.15, -0.1) is 11.3 Å². The molecule has 3 rings (SSSR count). The second kappa shape index (κ2) is 13.2. The molecule has 0 radical (unpaired) electrons. The van der Waals surface area contributed by atoms with Gasteiger partial charge in [-0.3, -0.25) is 9.69 Å². The van der Waals surface area contributed by atoms with Crippen LogP contribution in [0.3, 0.4) is 0 Å². The van der Waals surface area contributed by atoms with Gasteiger partial charge in [0.2, 0.25) is 0 Å². The number of likely N-dealkylation sites (tertiary alicyclic amines) is 1. The Balaban J connectivity index is 1.65. The van der Waals surface area contributed by atoms with Crippen molar-refractivity contribution >= 4 is 28.2 Å². The number of pyridine rings is 1. The van der Waals surface area contributed by atoms with E-state index in [4.69, 9.17) is 19.7 Å². The first-order chi connectivity index (χ1) is 16.2. The molecular formula is C23H32N6O3S. The molecule has 33 heavy (non-hydrogen) atoms. The van der Waals surface area contributed by atoms with Crippen LogP contribution in [0.15, 0.2) is 23.6 Å². The first kappa shape index (κ1) is 25.1. The standard InChI is InChI=1S/C23H32N6O3S/c1-3-31-15-13-29(14-16-32-4-2)22(30)19-17-33-23(26-19)27-21-9-5-7-18(25-21)20-8-6-11-28(20)12-10-24/h5,7,9,17,20H,3-4,6,8,11-16H2,1-2H3,(H,25,26,27)/t20-/m0/s1. The Morgan fingerprint density at radius 1 is 1.27 bits per heavy atom. The maximum Gasteiger partial charge on any atom is 0.273 e. The van der Waals surface area contributed by atoms with Crippen LogP contribution in [-0.4, -0.2) is 78.3 Å². The summed E-state index contributed by atoms with van der Waals surface area (Å²) in [5.74, 6) is 0.535. The highest BCUT2D eigenvalue weighted by Crippen LogP contribution is 2.31. The fourth-order valence-electron chi connectivity index (χ4n) is 3.80. The molecule has 0 bridgehead atoms. The van der Waals surface area contributed by atoms with E-state index in [1.807, 2.05) is 32.0 Å². The van der Waals surface area contributed by atoms with Crippen LogP contribution in [0.1, 0.15) is 48.9 Å². The molecule has 10 heteroatoms. The highest BCUT2D eigenvalue weighted by atomic mass is 32.1. The maximum atomic E-state index is 13.0. The van der Waals surface area contributed by atoms with Crippen LogP contribution in [0.4, 0.5) is 10.9 Å². The van der Waals surface area contributed by atoms with Gasteiger partial charge in [0.15, 0.2) is 5.13 Å². The summed E-state index contributed by atoms with van der Waals surface area (Å²) in [5, 5.41) is 14.7. The van der Waals surface area contributed by atoms with Gasteiger partial charge in [-0.05, 0) is 45.4 Å². The number of anilines is 2. The molecule has 1 fully saturated rings. The number of nitriles is 1. The monoisotopic (exact) mass is 472 g/mol. The minimum absolute atomic E-state index is 0.140. The number of thiazole rings is 1. The summed E-state index contributed by atoms with van der Waals surface area (Å²) in [6.07, 6.45) is 2.06. The minimum atomic E-state index is -0.140. The van der Waals surface area contributed by atoms with E-state index in [1.165, 1.54) is 11.3 Å². The van der Waals surface area contributed by atoms with Crippen LogP contribution in [0.2, 0.25) is 0 Å². The van der Waals surface area contributed by atoms with Crippen molar-refractivity contribution in [3.05, 3.63) is 35.0 Å². The fraction of sp³-hybridized carbons (Fsp3) is 0.565. The number of hydrogen-bond acceptors (Lipinski definition) is 9. The van der Waals surface area contributed by atoms with Gasteiger partial charge in [-0.2, -0.15) is 5.26 Å². The summed E-state index contributed by atoms with van der Waals surface area (Å²) in [4.78, 5) is 26.1. The van der Waals surface area contributed by atoms with Crippen molar-refractivity contribution in [1.29, 1.82) is 5.26 Å². The Kier molecular flexibility index (Phi) is 10.0. The summed E-state index contributed by atoms with van der Waals surface area (Å²) >= 11 is 1.37. The van der Waals surface area contributed by atoms with Crippen LogP contribution in [0.5, 0.6) is 0 Å². The molecule has 2 aromatic heterocycles. The van der Waals surface area contributed by atoms with E-state index >= 15 is 0 Å². The quantitative estimate of drug-likeness (QED) is 0.349. The lowest BCUT2D eigenvalue weighted by Crippen LogP contribution is -2.37. The molecule has 1 saturated heterocycles. The van der Waals surface area contributed by atoms with E-state index in [0.29, 0.717) is 62.7 Å². The zero-order chi connectivity index (χ0) is 23.5. The Hall–Kier alpha value is -2.58. The van der Waals surface area contributed by atoms with Crippen molar-refractivity contribution in [2.24, 2.45) is 0 Å². The predicted octanol–water partition coefficient (Wildman–Crippen LogP) is 3.46. The molecule has 9 nitrogen and oxygen atoms in total. The van der Waals surface area contributed by atoms with Crippen LogP contribution < -0.4 is 5.32 Å². The Morgan fingerprint density at radius 2 is 2.03 bits per heavy atom. The minimum Gasteiger partial charge on any atom is -0.380 e. The Bertz CT molecular complexity index is 921. The van der Waals surface area contributed by atoms with Crippen molar-refractivity contribution in [3.8, 4) is 6.07 Å². The van der Waals surface area contributed by atoms with Crippen molar-refractivity contribution in [1.82, 2.24) is 19.8 Å². The van der Waals surface area contributed by atoms with Gasteiger partial charge >= 0.3 is 0 Å². The number of carbonyl (C=O) groups is 1. The summed E-state index contributed by atoms with van der Waals surface area (Å²) in [6, 6.07) is 8.23. The smallest absolute Gasteiger partial charge is 0.273 e. The van der Waals surface area contributed by atoms with Crippen molar-refractivity contribution < 1.29 is 14.3 Å². The number of hydrogen-bond donors (Lipinski definition) is 1. The van der Waals surface area contributed by atoms with Crippen molar-refractivity contribution in [3.63, 3.8) is 0 Å². The molecule has 0 aliphatic carbocycles. The molecule has 1 N–H and O–H groups in total. The second-order valence-corrected chi connectivity index (χ2v) is 8.44. The number of aromatic nitrogens is 2. The molecule has 178 valence electrons. The number of rotatable bonds is 13. The third-order valence-electron chi connectivity index (χ3n) is 5.41. The summed E-state index contributed by atoms with van der Waals surface area (Å²) in [6.45, 7) is 8.34. The largest absolute Gasteiger partial charge is 0.380 e. The predicted molar refractivity (Wildman–Crippen MR) is 128 cm³/mol. The number of nitrogens with zero attached hydrogens (tertiary/aromatic N) is 5. The molecule has 0 aromatic carbocycles. The third-order valence-corrected chi connectivity index (χ3v) is 6.17. The first-order valence-electron chi connectivity index (χ1n) is 11.4. The van der Waals surface area contributed by atoms with Gasteiger partial charge < -0.3 is 19.7 Å². The molecular weight excluding hydrogens is 440 g/mol. The zero-order valence-corrected chi connectivity index (χ0v) is 20.1. The molecule has 1 aliphatic heterocycles. The maximum absolute atomic E-state index is 13.0. The Morgan fingerprint density at radius 3 is 2.73 bits per heavy atom. The van der Waals surface area contributed by atoms with Gasteiger partial charge in [0.1, 0.15) is 11.5 Å². The van der Waals surface area contributed by atoms with Crippen LogP contribution in [-0.2, 0) is 9.47 Å². The van der Waals surface area contributed by atoms with E-state index in [9.17, 15) is 4.79 Å². The van der Waals surface area contributed by atoms with Crippen LogP contribution in [0.25, 0.3) is 0 Å². The zero-order valence-electron chi connectivity index (χ0n) is 19.3. The van der Waals surface area contributed by atoms with E-state index < -0.39 is 0 Å². The summed E-state index contributed by atoms with van der Waals surface area (Å²) < 4.78 is 10.8. The third kappa shape index (κ3) is 7.20. The van der Waals surface area contributed by atoms with E-state index in [1.54, 1.807) is 10.3 Å². The highest BCUT2D eigenvalue weighted by molar-refractivity contribution is 7.14. The van der Waals surface area contributed by atoms with E-state index in [0.717, 1.165) is 25.1 Å². The van der Waals surface area contributed by atoms with Gasteiger partial charge in [0.05, 0.1) is 37.6 Å². The lowest BCUT2D eigenvalue weighted by Gasteiger charge is -2.21. The lowest BCUT2D eigenvalue weighted by atomic mass is 10.1. The molecule has 0 saturated carbocycles. The summed E-state index contributed by atoms with van der Waals surface area (Å²) in [5.41, 5.74) is 1.33. The van der Waals surface area contributed by atoms with Crippen molar-refractivity contribution in [2.45, 2.75) is 32.7 Å². The van der Waals surface area contributed by atoms with Crippen LogP contribution >= 0.6 is 11.3 Å². The van der Waals surface area contributed by atoms with Crippen LogP contribution in [0, 0.1) is 11.3 Å². The average molecular weight is 473 g/mol. The number of nitrogens with one attached hydrogen (secondary N) is 1. The number of carbonyl (C=O) groups excluding carboxylic acids is 1. The van der Waals surface area contributed by atoms with Gasteiger partial charge in [-0.25, -0.2) is 9.97 Å².